The number of ether oxygens (including phenoxy) is 1. The average molecular weight is 366 g/mol. The summed E-state index contributed by atoms with van der Waals surface area (Å²) in [6, 6.07) is 16.1. The maximum absolute atomic E-state index is 12.4. The first-order valence-corrected chi connectivity index (χ1v) is 9.42. The fraction of sp³-hybridized carbons (Fsp3) is 0.364. The van der Waals surface area contributed by atoms with Crippen molar-refractivity contribution in [2.24, 2.45) is 5.92 Å². The molecule has 1 fully saturated rings. The molecule has 0 unspecified atom stereocenters. The Hall–Kier alpha value is -2.66. The third-order valence-electron chi connectivity index (χ3n) is 4.97. The van der Waals surface area contributed by atoms with Gasteiger partial charge in [-0.3, -0.25) is 9.59 Å². The van der Waals surface area contributed by atoms with Crippen molar-refractivity contribution in [2.75, 3.05) is 33.3 Å². The lowest BCUT2D eigenvalue weighted by atomic mass is 9.97. The number of likely N-dealkylation sites (tertiary alicyclic amines) is 1. The van der Waals surface area contributed by atoms with Crippen LogP contribution < -0.4 is 10.1 Å². The molecule has 2 aromatic rings. The average Bonchev–Trinajstić information content (AvgIpc) is 2.73. The molecule has 0 saturated carbocycles. The minimum atomic E-state index is -0.0253. The van der Waals surface area contributed by atoms with Gasteiger partial charge in [0.25, 0.3) is 5.91 Å². The first-order chi connectivity index (χ1) is 13.2. The van der Waals surface area contributed by atoms with E-state index in [1.807, 2.05) is 30.1 Å². The highest BCUT2D eigenvalue weighted by molar-refractivity contribution is 6.08. The predicted octanol–water partition coefficient (Wildman–Crippen LogP) is 2.75. The summed E-state index contributed by atoms with van der Waals surface area (Å²) in [6.07, 6.45) is 2.06. The minimum absolute atomic E-state index is 0.0161. The van der Waals surface area contributed by atoms with E-state index in [0.29, 0.717) is 22.8 Å². The van der Waals surface area contributed by atoms with Crippen LogP contribution in [0.5, 0.6) is 5.75 Å². The molecule has 1 aliphatic rings. The van der Waals surface area contributed by atoms with E-state index >= 15 is 0 Å². The summed E-state index contributed by atoms with van der Waals surface area (Å²) >= 11 is 0. The van der Waals surface area contributed by atoms with Gasteiger partial charge in [-0.1, -0.05) is 30.3 Å². The van der Waals surface area contributed by atoms with E-state index < -0.39 is 0 Å². The van der Waals surface area contributed by atoms with Gasteiger partial charge in [0.2, 0.25) is 0 Å². The Labute approximate surface area is 160 Å². The van der Waals surface area contributed by atoms with E-state index in [1.165, 1.54) is 0 Å². The Bertz CT molecular complexity index is 751. The van der Waals surface area contributed by atoms with E-state index in [9.17, 15) is 9.59 Å². The number of ketones is 1. The second-order valence-corrected chi connectivity index (χ2v) is 6.89. The van der Waals surface area contributed by atoms with Crippen LogP contribution in [-0.4, -0.2) is 49.9 Å². The summed E-state index contributed by atoms with van der Waals surface area (Å²) in [7, 11) is 1.96. The third kappa shape index (κ3) is 5.17. The van der Waals surface area contributed by atoms with Crippen molar-refractivity contribution < 1.29 is 14.3 Å². The summed E-state index contributed by atoms with van der Waals surface area (Å²) in [5, 5.41) is 3.20. The zero-order valence-corrected chi connectivity index (χ0v) is 15.7. The van der Waals surface area contributed by atoms with Crippen LogP contribution in [0.4, 0.5) is 0 Å². The molecule has 1 N–H and O–H groups in total. The summed E-state index contributed by atoms with van der Waals surface area (Å²) in [5.74, 6) is 1.23. The van der Waals surface area contributed by atoms with Crippen LogP contribution in [0.2, 0.25) is 0 Å². The van der Waals surface area contributed by atoms with E-state index in [2.05, 4.69) is 5.32 Å². The Balaban J connectivity index is 1.49. The van der Waals surface area contributed by atoms with Gasteiger partial charge in [0, 0.05) is 24.2 Å². The Morgan fingerprint density at radius 1 is 1.00 bits per heavy atom. The van der Waals surface area contributed by atoms with Crippen LogP contribution >= 0.6 is 0 Å². The van der Waals surface area contributed by atoms with E-state index in [1.54, 1.807) is 36.4 Å². The van der Waals surface area contributed by atoms with Crippen molar-refractivity contribution in [1.29, 1.82) is 0 Å². The second-order valence-electron chi connectivity index (χ2n) is 6.89. The number of piperidine rings is 1. The van der Waals surface area contributed by atoms with Gasteiger partial charge in [-0.05, 0) is 56.6 Å². The van der Waals surface area contributed by atoms with Crippen molar-refractivity contribution in [3.8, 4) is 5.75 Å². The molecule has 1 saturated heterocycles. The number of hydrogen-bond acceptors (Lipinski definition) is 4. The molecule has 0 radical (unpaired) electrons. The molecule has 0 aliphatic carbocycles. The first-order valence-electron chi connectivity index (χ1n) is 9.42. The van der Waals surface area contributed by atoms with E-state index in [-0.39, 0.29) is 18.3 Å². The molecule has 27 heavy (non-hydrogen) atoms. The molecular formula is C22H26N2O3. The molecule has 0 bridgehead atoms. The molecule has 2 aromatic carbocycles. The van der Waals surface area contributed by atoms with Gasteiger partial charge < -0.3 is 15.0 Å². The van der Waals surface area contributed by atoms with Crippen molar-refractivity contribution in [2.45, 2.75) is 12.8 Å². The molecule has 0 aromatic heterocycles. The van der Waals surface area contributed by atoms with Crippen LogP contribution in [0, 0.1) is 5.92 Å². The first kappa shape index (κ1) is 19.1. The topological polar surface area (TPSA) is 58.6 Å². The van der Waals surface area contributed by atoms with Gasteiger partial charge in [0.15, 0.2) is 12.4 Å². The van der Waals surface area contributed by atoms with Crippen molar-refractivity contribution in [3.63, 3.8) is 0 Å². The largest absolute Gasteiger partial charge is 0.484 e. The van der Waals surface area contributed by atoms with Crippen LogP contribution in [0.3, 0.4) is 0 Å². The molecule has 3 rings (SSSR count). The lowest BCUT2D eigenvalue weighted by Crippen LogP contribution is -2.42. The van der Waals surface area contributed by atoms with Gasteiger partial charge in [0.1, 0.15) is 5.75 Å². The Morgan fingerprint density at radius 2 is 1.63 bits per heavy atom. The molecule has 1 amide bonds. The third-order valence-corrected chi connectivity index (χ3v) is 4.97. The zero-order valence-electron chi connectivity index (χ0n) is 15.7. The predicted molar refractivity (Wildman–Crippen MR) is 105 cm³/mol. The highest BCUT2D eigenvalue weighted by atomic mass is 16.5. The van der Waals surface area contributed by atoms with Gasteiger partial charge in [0.05, 0.1) is 0 Å². The molecule has 0 spiro atoms. The van der Waals surface area contributed by atoms with Gasteiger partial charge in [-0.15, -0.1) is 0 Å². The van der Waals surface area contributed by atoms with Crippen LogP contribution in [-0.2, 0) is 4.79 Å². The van der Waals surface area contributed by atoms with Crippen molar-refractivity contribution in [3.05, 3.63) is 65.7 Å². The van der Waals surface area contributed by atoms with Crippen molar-refractivity contribution >= 4 is 11.7 Å². The van der Waals surface area contributed by atoms with E-state index in [4.69, 9.17) is 4.74 Å². The van der Waals surface area contributed by atoms with Gasteiger partial charge in [-0.25, -0.2) is 0 Å². The number of carbonyl (C=O) groups is 2. The number of amides is 1. The summed E-state index contributed by atoms with van der Waals surface area (Å²) in [6.45, 7) is 2.62. The maximum Gasteiger partial charge on any atom is 0.260 e. The van der Waals surface area contributed by atoms with Crippen molar-refractivity contribution in [1.82, 2.24) is 10.2 Å². The SMILES string of the molecule is CNCC1CCN(C(=O)COc2ccc(C(=O)c3ccccc3)cc2)CC1. The highest BCUT2D eigenvalue weighted by Gasteiger charge is 2.22. The number of benzene rings is 2. The fourth-order valence-corrected chi connectivity index (χ4v) is 3.37. The van der Waals surface area contributed by atoms with E-state index in [0.717, 1.165) is 32.5 Å². The molecular weight excluding hydrogens is 340 g/mol. The molecule has 142 valence electrons. The molecule has 5 nitrogen and oxygen atoms in total. The molecule has 0 atom stereocenters. The van der Waals surface area contributed by atoms with Gasteiger partial charge in [-0.2, -0.15) is 0 Å². The monoisotopic (exact) mass is 366 g/mol. The molecule has 1 aliphatic heterocycles. The number of carbonyl (C=O) groups excluding carboxylic acids is 2. The standard InChI is InChI=1S/C22H26N2O3/c1-23-15-17-11-13-24(14-12-17)21(25)16-27-20-9-7-19(8-10-20)22(26)18-5-3-2-4-6-18/h2-10,17,23H,11-16H2,1H3. The lowest BCUT2D eigenvalue weighted by molar-refractivity contribution is -0.134. The zero-order chi connectivity index (χ0) is 19.1. The smallest absolute Gasteiger partial charge is 0.260 e. The summed E-state index contributed by atoms with van der Waals surface area (Å²) in [5.41, 5.74) is 1.26. The van der Waals surface area contributed by atoms with Crippen LogP contribution in [0.25, 0.3) is 0 Å². The fourth-order valence-electron chi connectivity index (χ4n) is 3.37. The summed E-state index contributed by atoms with van der Waals surface area (Å²) in [4.78, 5) is 26.6. The Kier molecular flexibility index (Phi) is 6.60. The summed E-state index contributed by atoms with van der Waals surface area (Å²) < 4.78 is 5.62. The van der Waals surface area contributed by atoms with Crippen LogP contribution in [0.1, 0.15) is 28.8 Å². The van der Waals surface area contributed by atoms with Crippen LogP contribution in [0.15, 0.2) is 54.6 Å². The highest BCUT2D eigenvalue weighted by Crippen LogP contribution is 2.18. The minimum Gasteiger partial charge on any atom is -0.484 e. The normalized spacial score (nSPS) is 14.8. The maximum atomic E-state index is 12.4. The number of nitrogens with zero attached hydrogens (tertiary/aromatic N) is 1. The number of rotatable bonds is 7. The number of hydrogen-bond donors (Lipinski definition) is 1. The van der Waals surface area contributed by atoms with Gasteiger partial charge >= 0.3 is 0 Å². The molecule has 5 heteroatoms. The second kappa shape index (κ2) is 9.33. The quantitative estimate of drug-likeness (QED) is 0.766. The number of nitrogens with one attached hydrogen (secondary N) is 1. The lowest BCUT2D eigenvalue weighted by Gasteiger charge is -2.31. The molecule has 1 heterocycles. The Morgan fingerprint density at radius 3 is 2.26 bits per heavy atom.